The maximum Gasteiger partial charge on any atom is 0.473 e. The number of nitrogens with zero attached hydrogens (tertiary/aromatic N) is 1. The van der Waals surface area contributed by atoms with Gasteiger partial charge in [0.25, 0.3) is 0 Å². The van der Waals surface area contributed by atoms with Crippen molar-refractivity contribution in [3.8, 4) is 0 Å². The molecule has 0 saturated heterocycles. The SMILES string of the molecule is O=C(N(NC=C1CCCCC1)C1CCCCC1)C(F)(F)F. The molecule has 2 aliphatic rings. The van der Waals surface area contributed by atoms with Crippen LogP contribution in [0.3, 0.4) is 0 Å². The van der Waals surface area contributed by atoms with Crippen LogP contribution in [0.15, 0.2) is 11.8 Å². The Morgan fingerprint density at radius 3 is 2.19 bits per heavy atom. The standard InChI is InChI=1S/C15H23F3N2O/c16-15(17,18)14(21)20(13-9-5-2-6-10-13)19-11-12-7-3-1-4-8-12/h11,13,19H,1-10H2. The zero-order valence-corrected chi connectivity index (χ0v) is 12.2. The van der Waals surface area contributed by atoms with E-state index < -0.39 is 12.1 Å². The van der Waals surface area contributed by atoms with Crippen molar-refractivity contribution < 1.29 is 18.0 Å². The fourth-order valence-electron chi connectivity index (χ4n) is 3.12. The summed E-state index contributed by atoms with van der Waals surface area (Å²) in [4.78, 5) is 11.6. The molecule has 120 valence electrons. The van der Waals surface area contributed by atoms with E-state index in [0.29, 0.717) is 12.8 Å². The predicted octanol–water partition coefficient (Wildman–Crippen LogP) is 4.06. The average Bonchev–Trinajstić information content (AvgIpc) is 2.48. The normalized spacial score (nSPS) is 21.0. The summed E-state index contributed by atoms with van der Waals surface area (Å²) in [6, 6.07) is -0.353. The third-order valence-corrected chi connectivity index (χ3v) is 4.30. The summed E-state index contributed by atoms with van der Waals surface area (Å²) in [5.41, 5.74) is 3.78. The van der Waals surface area contributed by atoms with Crippen molar-refractivity contribution in [1.29, 1.82) is 0 Å². The van der Waals surface area contributed by atoms with E-state index in [-0.39, 0.29) is 6.04 Å². The maximum atomic E-state index is 12.8. The van der Waals surface area contributed by atoms with E-state index in [0.717, 1.165) is 55.5 Å². The van der Waals surface area contributed by atoms with Crippen molar-refractivity contribution in [3.63, 3.8) is 0 Å². The quantitative estimate of drug-likeness (QED) is 0.797. The highest BCUT2D eigenvalue weighted by atomic mass is 19.4. The first-order valence-electron chi connectivity index (χ1n) is 7.83. The zero-order chi connectivity index (χ0) is 15.3. The second-order valence-electron chi connectivity index (χ2n) is 5.96. The molecule has 0 aromatic rings. The van der Waals surface area contributed by atoms with Crippen LogP contribution in [0.5, 0.6) is 0 Å². The molecule has 0 aliphatic heterocycles. The van der Waals surface area contributed by atoms with Crippen molar-refractivity contribution >= 4 is 5.91 Å². The first kappa shape index (κ1) is 16.2. The first-order chi connectivity index (χ1) is 9.98. The summed E-state index contributed by atoms with van der Waals surface area (Å²) in [5, 5.41) is 0.820. The first-order valence-corrected chi connectivity index (χ1v) is 7.83. The Morgan fingerprint density at radius 2 is 1.62 bits per heavy atom. The number of hydrogen-bond acceptors (Lipinski definition) is 2. The number of halogens is 3. The van der Waals surface area contributed by atoms with E-state index in [1.165, 1.54) is 6.42 Å². The van der Waals surface area contributed by atoms with E-state index >= 15 is 0 Å². The van der Waals surface area contributed by atoms with Crippen molar-refractivity contribution in [3.05, 3.63) is 11.8 Å². The van der Waals surface area contributed by atoms with Gasteiger partial charge in [-0.3, -0.25) is 4.79 Å². The summed E-state index contributed by atoms with van der Waals surface area (Å²) in [6.45, 7) is 0. The summed E-state index contributed by atoms with van der Waals surface area (Å²) >= 11 is 0. The Hall–Kier alpha value is -1.20. The van der Waals surface area contributed by atoms with E-state index in [2.05, 4.69) is 5.43 Å². The molecule has 1 amide bonds. The third-order valence-electron chi connectivity index (χ3n) is 4.30. The highest BCUT2D eigenvalue weighted by Gasteiger charge is 2.45. The van der Waals surface area contributed by atoms with Gasteiger partial charge in [0.05, 0.1) is 6.04 Å². The van der Waals surface area contributed by atoms with E-state index in [4.69, 9.17) is 0 Å². The molecule has 2 saturated carbocycles. The summed E-state index contributed by atoms with van der Waals surface area (Å²) in [7, 11) is 0. The molecule has 21 heavy (non-hydrogen) atoms. The van der Waals surface area contributed by atoms with Crippen LogP contribution in [0, 0.1) is 0 Å². The molecule has 0 aromatic carbocycles. The van der Waals surface area contributed by atoms with Crippen LogP contribution in [-0.2, 0) is 4.79 Å². The lowest BCUT2D eigenvalue weighted by atomic mass is 9.94. The van der Waals surface area contributed by atoms with Gasteiger partial charge in [-0.1, -0.05) is 31.3 Å². The lowest BCUT2D eigenvalue weighted by molar-refractivity contribution is -0.191. The van der Waals surface area contributed by atoms with E-state index in [1.807, 2.05) is 0 Å². The van der Waals surface area contributed by atoms with Crippen LogP contribution in [0.25, 0.3) is 0 Å². The molecule has 1 N–H and O–H groups in total. The van der Waals surface area contributed by atoms with Gasteiger partial charge < -0.3 is 5.43 Å². The number of allylic oxidation sites excluding steroid dienone is 1. The smallest absolute Gasteiger partial charge is 0.303 e. The predicted molar refractivity (Wildman–Crippen MR) is 74.1 cm³/mol. The monoisotopic (exact) mass is 304 g/mol. The molecule has 0 bridgehead atoms. The van der Waals surface area contributed by atoms with Crippen LogP contribution in [0.4, 0.5) is 13.2 Å². The average molecular weight is 304 g/mol. The van der Waals surface area contributed by atoms with Crippen molar-refractivity contribution in [2.45, 2.75) is 76.4 Å². The van der Waals surface area contributed by atoms with Crippen LogP contribution in [0.1, 0.15) is 64.2 Å². The van der Waals surface area contributed by atoms with Crippen LogP contribution >= 0.6 is 0 Å². The molecule has 0 unspecified atom stereocenters. The number of hydrogen-bond donors (Lipinski definition) is 1. The highest BCUT2D eigenvalue weighted by molar-refractivity contribution is 5.81. The molecule has 6 heteroatoms. The number of amides is 1. The largest absolute Gasteiger partial charge is 0.473 e. The van der Waals surface area contributed by atoms with Crippen LogP contribution < -0.4 is 5.43 Å². The van der Waals surface area contributed by atoms with Gasteiger partial charge in [-0.25, -0.2) is 5.01 Å². The minimum Gasteiger partial charge on any atom is -0.303 e. The molecule has 2 aliphatic carbocycles. The number of alkyl halides is 3. The van der Waals surface area contributed by atoms with Crippen LogP contribution in [-0.4, -0.2) is 23.1 Å². The summed E-state index contributed by atoms with van der Waals surface area (Å²) < 4.78 is 38.3. The van der Waals surface area contributed by atoms with Gasteiger partial charge in [0, 0.05) is 6.20 Å². The van der Waals surface area contributed by atoms with Gasteiger partial charge in [-0.15, -0.1) is 0 Å². The van der Waals surface area contributed by atoms with Gasteiger partial charge in [0.15, 0.2) is 0 Å². The molecular weight excluding hydrogens is 281 g/mol. The molecule has 0 heterocycles. The van der Waals surface area contributed by atoms with Crippen molar-refractivity contribution in [1.82, 2.24) is 10.4 Å². The summed E-state index contributed by atoms with van der Waals surface area (Å²) in [6.07, 6.45) is 6.00. The second-order valence-corrected chi connectivity index (χ2v) is 5.96. The number of hydrazine groups is 1. The fourth-order valence-corrected chi connectivity index (χ4v) is 3.12. The number of carbonyl (C=O) groups excluding carboxylic acids is 1. The Bertz CT molecular complexity index is 379. The van der Waals surface area contributed by atoms with Gasteiger partial charge in [-0.05, 0) is 38.5 Å². The van der Waals surface area contributed by atoms with E-state index in [1.54, 1.807) is 6.20 Å². The molecular formula is C15H23F3N2O. The highest BCUT2D eigenvalue weighted by Crippen LogP contribution is 2.27. The molecule has 3 nitrogen and oxygen atoms in total. The molecule has 0 atom stereocenters. The maximum absolute atomic E-state index is 12.8. The lowest BCUT2D eigenvalue weighted by Gasteiger charge is -2.34. The Labute approximate surface area is 123 Å². The van der Waals surface area contributed by atoms with Gasteiger partial charge in [0.1, 0.15) is 0 Å². The molecule has 0 radical (unpaired) electrons. The van der Waals surface area contributed by atoms with Crippen LogP contribution in [0.2, 0.25) is 0 Å². The fraction of sp³-hybridized carbons (Fsp3) is 0.800. The minimum absolute atomic E-state index is 0.353. The van der Waals surface area contributed by atoms with E-state index in [9.17, 15) is 18.0 Å². The van der Waals surface area contributed by atoms with Crippen molar-refractivity contribution in [2.24, 2.45) is 0 Å². The van der Waals surface area contributed by atoms with Gasteiger partial charge in [0.2, 0.25) is 0 Å². The summed E-state index contributed by atoms with van der Waals surface area (Å²) in [5.74, 6) is -1.78. The Morgan fingerprint density at radius 1 is 1.05 bits per heavy atom. The molecule has 0 spiro atoms. The Balaban J connectivity index is 2.05. The number of nitrogens with one attached hydrogen (secondary N) is 1. The molecule has 2 fully saturated rings. The van der Waals surface area contributed by atoms with Gasteiger partial charge >= 0.3 is 12.1 Å². The topological polar surface area (TPSA) is 32.3 Å². The molecule has 0 aromatic heterocycles. The third kappa shape index (κ3) is 4.64. The molecule has 2 rings (SSSR count). The zero-order valence-electron chi connectivity index (χ0n) is 12.2. The lowest BCUT2D eigenvalue weighted by Crippen LogP contribution is -2.53. The Kier molecular flexibility index (Phi) is 5.53. The number of carbonyl (C=O) groups is 1. The van der Waals surface area contributed by atoms with Crippen molar-refractivity contribution in [2.75, 3.05) is 0 Å². The second kappa shape index (κ2) is 7.18. The van der Waals surface area contributed by atoms with Gasteiger partial charge in [-0.2, -0.15) is 13.2 Å². The minimum atomic E-state index is -4.82. The number of rotatable bonds is 3.